The molecular weight excluding hydrogens is 206 g/mol. The maximum absolute atomic E-state index is 11.8. The minimum absolute atomic E-state index is 0.0281. The molecule has 2 amide bonds. The number of nitrogens with zero attached hydrogens (tertiary/aromatic N) is 1. The Morgan fingerprint density at radius 3 is 2.12 bits per heavy atom. The molecule has 0 fully saturated rings. The molecule has 0 saturated heterocycles. The zero-order valence-electron chi connectivity index (χ0n) is 9.02. The largest absolute Gasteiger partial charge is 0.508 e. The normalized spacial score (nSPS) is 16.2. The number of imide groups is 1. The molecule has 1 N–H and O–H groups in total. The number of phenolic OH excluding ortho intramolecular Hbond substituents is 1. The maximum atomic E-state index is 11.8. The van der Waals surface area contributed by atoms with Crippen LogP contribution in [0.3, 0.4) is 0 Å². The van der Waals surface area contributed by atoms with E-state index in [1.54, 1.807) is 26.0 Å². The van der Waals surface area contributed by atoms with E-state index in [9.17, 15) is 14.7 Å². The van der Waals surface area contributed by atoms with Crippen molar-refractivity contribution in [1.29, 1.82) is 0 Å². The number of phenols is 1. The average Bonchev–Trinajstić information content (AvgIpc) is 2.44. The van der Waals surface area contributed by atoms with E-state index in [-0.39, 0.29) is 17.6 Å². The van der Waals surface area contributed by atoms with Crippen molar-refractivity contribution in [2.24, 2.45) is 0 Å². The van der Waals surface area contributed by atoms with E-state index in [0.717, 1.165) is 4.90 Å². The van der Waals surface area contributed by atoms with Crippen LogP contribution >= 0.6 is 0 Å². The number of hydrogen-bond acceptors (Lipinski definition) is 3. The van der Waals surface area contributed by atoms with E-state index in [1.165, 1.54) is 12.1 Å². The van der Waals surface area contributed by atoms with Crippen LogP contribution in [0.5, 0.6) is 5.75 Å². The monoisotopic (exact) mass is 217 g/mol. The molecule has 1 aromatic carbocycles. The van der Waals surface area contributed by atoms with Crippen molar-refractivity contribution in [1.82, 2.24) is 0 Å². The van der Waals surface area contributed by atoms with Gasteiger partial charge in [0.05, 0.1) is 5.69 Å². The van der Waals surface area contributed by atoms with Gasteiger partial charge in [0.25, 0.3) is 11.8 Å². The Bertz CT molecular complexity index is 493. The van der Waals surface area contributed by atoms with Gasteiger partial charge < -0.3 is 5.11 Å². The van der Waals surface area contributed by atoms with Crippen molar-refractivity contribution in [3.63, 3.8) is 0 Å². The van der Waals surface area contributed by atoms with Gasteiger partial charge in [-0.2, -0.15) is 0 Å². The molecular formula is C12H11NO3. The van der Waals surface area contributed by atoms with E-state index in [4.69, 9.17) is 0 Å². The second kappa shape index (κ2) is 3.48. The minimum atomic E-state index is -0.326. The van der Waals surface area contributed by atoms with Gasteiger partial charge in [-0.05, 0) is 26.0 Å². The molecule has 0 atom stereocenters. The summed E-state index contributed by atoms with van der Waals surface area (Å²) >= 11 is 0. The molecule has 0 unspecified atom stereocenters. The Labute approximate surface area is 92.8 Å². The predicted molar refractivity (Wildman–Crippen MR) is 59.0 cm³/mol. The Kier molecular flexibility index (Phi) is 2.27. The molecule has 1 aliphatic rings. The zero-order chi connectivity index (χ0) is 11.9. The van der Waals surface area contributed by atoms with Gasteiger partial charge >= 0.3 is 0 Å². The van der Waals surface area contributed by atoms with Crippen LogP contribution in [0.2, 0.25) is 0 Å². The Morgan fingerprint density at radius 1 is 1.06 bits per heavy atom. The third kappa shape index (κ3) is 1.39. The van der Waals surface area contributed by atoms with Crippen molar-refractivity contribution < 1.29 is 14.7 Å². The minimum Gasteiger partial charge on any atom is -0.508 e. The number of rotatable bonds is 1. The third-order valence-corrected chi connectivity index (χ3v) is 2.70. The van der Waals surface area contributed by atoms with E-state index in [0.29, 0.717) is 16.8 Å². The molecule has 0 spiro atoms. The Morgan fingerprint density at radius 2 is 1.62 bits per heavy atom. The number of aromatic hydroxyl groups is 1. The highest BCUT2D eigenvalue weighted by molar-refractivity contribution is 6.32. The highest BCUT2D eigenvalue weighted by atomic mass is 16.3. The van der Waals surface area contributed by atoms with Gasteiger partial charge in [-0.15, -0.1) is 0 Å². The first-order valence-electron chi connectivity index (χ1n) is 4.87. The van der Waals surface area contributed by atoms with Gasteiger partial charge in [0.15, 0.2) is 0 Å². The van der Waals surface area contributed by atoms with Crippen molar-refractivity contribution in [3.05, 3.63) is 35.4 Å². The molecule has 4 heteroatoms. The number of carbonyl (C=O) groups excluding carboxylic acids is 2. The van der Waals surface area contributed by atoms with Gasteiger partial charge in [0.2, 0.25) is 0 Å². The van der Waals surface area contributed by atoms with Gasteiger partial charge in [-0.3, -0.25) is 9.59 Å². The number of anilines is 1. The van der Waals surface area contributed by atoms with Gasteiger partial charge in [0.1, 0.15) is 5.75 Å². The number of amides is 2. The third-order valence-electron chi connectivity index (χ3n) is 2.70. The molecule has 0 bridgehead atoms. The summed E-state index contributed by atoms with van der Waals surface area (Å²) in [5.41, 5.74) is 1.30. The molecule has 82 valence electrons. The Hall–Kier alpha value is -2.10. The second-order valence-corrected chi connectivity index (χ2v) is 3.72. The van der Waals surface area contributed by atoms with Crippen LogP contribution in [0.15, 0.2) is 35.4 Å². The van der Waals surface area contributed by atoms with Crippen molar-refractivity contribution in [3.8, 4) is 5.75 Å². The zero-order valence-corrected chi connectivity index (χ0v) is 9.02. The molecule has 0 aliphatic carbocycles. The summed E-state index contributed by atoms with van der Waals surface area (Å²) in [4.78, 5) is 24.7. The molecule has 1 aromatic rings. The molecule has 1 heterocycles. The summed E-state index contributed by atoms with van der Waals surface area (Å²) < 4.78 is 0. The lowest BCUT2D eigenvalue weighted by Crippen LogP contribution is -2.31. The first kappa shape index (κ1) is 10.4. The molecule has 16 heavy (non-hydrogen) atoms. The number of carbonyl (C=O) groups is 2. The van der Waals surface area contributed by atoms with E-state index in [1.807, 2.05) is 0 Å². The van der Waals surface area contributed by atoms with E-state index in [2.05, 4.69) is 0 Å². The lowest BCUT2D eigenvalue weighted by molar-refractivity contribution is -0.120. The molecule has 2 rings (SSSR count). The van der Waals surface area contributed by atoms with Gasteiger partial charge in [-0.1, -0.05) is 6.07 Å². The first-order valence-corrected chi connectivity index (χ1v) is 4.87. The Balaban J connectivity index is 2.46. The molecule has 4 nitrogen and oxygen atoms in total. The van der Waals surface area contributed by atoms with Crippen LogP contribution in [0.1, 0.15) is 13.8 Å². The van der Waals surface area contributed by atoms with Crippen LogP contribution in [0, 0.1) is 0 Å². The summed E-state index contributed by atoms with van der Waals surface area (Å²) in [6, 6.07) is 6.08. The lowest BCUT2D eigenvalue weighted by Gasteiger charge is -2.14. The van der Waals surface area contributed by atoms with Crippen LogP contribution in [0.4, 0.5) is 5.69 Å². The van der Waals surface area contributed by atoms with Crippen LogP contribution in [-0.4, -0.2) is 16.9 Å². The fourth-order valence-electron chi connectivity index (χ4n) is 1.62. The summed E-state index contributed by atoms with van der Waals surface area (Å²) in [5.74, 6) is -0.624. The quantitative estimate of drug-likeness (QED) is 0.727. The summed E-state index contributed by atoms with van der Waals surface area (Å²) in [6.07, 6.45) is 0. The maximum Gasteiger partial charge on any atom is 0.261 e. The van der Waals surface area contributed by atoms with Crippen molar-refractivity contribution in [2.45, 2.75) is 13.8 Å². The SMILES string of the molecule is CC1=C(C)C(=O)N(c2cccc(O)c2)C1=O. The first-order chi connectivity index (χ1) is 7.52. The molecule has 0 radical (unpaired) electrons. The number of benzene rings is 1. The number of hydrogen-bond donors (Lipinski definition) is 1. The topological polar surface area (TPSA) is 57.6 Å². The second-order valence-electron chi connectivity index (χ2n) is 3.72. The summed E-state index contributed by atoms with van der Waals surface area (Å²) in [7, 11) is 0. The molecule has 0 aromatic heterocycles. The smallest absolute Gasteiger partial charge is 0.261 e. The fraction of sp³-hybridized carbons (Fsp3) is 0.167. The lowest BCUT2D eigenvalue weighted by atomic mass is 10.2. The standard InChI is InChI=1S/C12H11NO3/c1-7-8(2)12(16)13(11(7)15)9-4-3-5-10(14)6-9/h3-6,14H,1-2H3. The van der Waals surface area contributed by atoms with Gasteiger partial charge in [-0.25, -0.2) is 4.90 Å². The average molecular weight is 217 g/mol. The fourth-order valence-corrected chi connectivity index (χ4v) is 1.62. The highest BCUT2D eigenvalue weighted by Crippen LogP contribution is 2.28. The van der Waals surface area contributed by atoms with Crippen LogP contribution < -0.4 is 4.90 Å². The molecule has 0 saturated carbocycles. The van der Waals surface area contributed by atoms with Crippen LogP contribution in [-0.2, 0) is 9.59 Å². The highest BCUT2D eigenvalue weighted by Gasteiger charge is 2.34. The predicted octanol–water partition coefficient (Wildman–Crippen LogP) is 1.60. The summed E-state index contributed by atoms with van der Waals surface area (Å²) in [6.45, 7) is 3.25. The van der Waals surface area contributed by atoms with E-state index >= 15 is 0 Å². The van der Waals surface area contributed by atoms with Crippen molar-refractivity contribution in [2.75, 3.05) is 4.90 Å². The van der Waals surface area contributed by atoms with Crippen LogP contribution in [0.25, 0.3) is 0 Å². The summed E-state index contributed by atoms with van der Waals surface area (Å²) in [5, 5.41) is 9.31. The van der Waals surface area contributed by atoms with E-state index < -0.39 is 0 Å². The molecule has 1 aliphatic heterocycles. The van der Waals surface area contributed by atoms with Gasteiger partial charge in [0, 0.05) is 17.2 Å². The van der Waals surface area contributed by atoms with Crippen molar-refractivity contribution >= 4 is 17.5 Å².